The van der Waals surface area contributed by atoms with Gasteiger partial charge >= 0.3 is 0 Å². The quantitative estimate of drug-likeness (QED) is 0.341. The van der Waals surface area contributed by atoms with E-state index in [0.717, 1.165) is 6.54 Å². The lowest BCUT2D eigenvalue weighted by atomic mass is 9.76. The van der Waals surface area contributed by atoms with Crippen molar-refractivity contribution < 1.29 is 4.39 Å². The van der Waals surface area contributed by atoms with Gasteiger partial charge in [-0.05, 0) is 71.7 Å². The number of rotatable bonds is 12. The molecule has 0 bridgehead atoms. The van der Waals surface area contributed by atoms with Crippen molar-refractivity contribution in [3.8, 4) is 0 Å². The third kappa shape index (κ3) is 5.29. The van der Waals surface area contributed by atoms with Crippen LogP contribution in [0, 0.1) is 11.7 Å². The highest BCUT2D eigenvalue weighted by Crippen LogP contribution is 2.52. The van der Waals surface area contributed by atoms with Crippen LogP contribution in [-0.2, 0) is 0 Å². The molecule has 1 nitrogen and oxygen atoms in total. The number of hydrogen-bond acceptors (Lipinski definition) is 1. The molecule has 166 valence electrons. The number of nitrogens with one attached hydrogen (secondary N) is 1. The molecule has 4 rings (SSSR count). The van der Waals surface area contributed by atoms with Crippen LogP contribution in [0.4, 0.5) is 4.39 Å². The second kappa shape index (κ2) is 11.1. The number of hydrogen-bond donors (Lipinski definition) is 1. The van der Waals surface area contributed by atoms with Crippen LogP contribution in [0.15, 0.2) is 48.5 Å². The minimum atomic E-state index is -0.159. The number of unbranched alkanes of at least 4 members (excludes halogenated alkanes) is 7. The maximum absolute atomic E-state index is 13.7. The molecule has 1 N–H and O–H groups in total. The molecule has 2 aliphatic rings. The molecule has 2 aromatic rings. The highest BCUT2D eigenvalue weighted by molar-refractivity contribution is 6.00. The summed E-state index contributed by atoms with van der Waals surface area (Å²) >= 11 is 0. The maximum atomic E-state index is 13.7. The van der Waals surface area contributed by atoms with Gasteiger partial charge < -0.3 is 5.32 Å². The van der Waals surface area contributed by atoms with Crippen LogP contribution in [-0.4, -0.2) is 6.54 Å². The zero-order chi connectivity index (χ0) is 21.5. The van der Waals surface area contributed by atoms with Crippen molar-refractivity contribution in [3.63, 3.8) is 0 Å². The SMILES string of the molecule is CCCCCCCCCCN[C@@H]1C(c2ccc(F)cc2)=C(C2CCC2)c2ccccc21. The summed E-state index contributed by atoms with van der Waals surface area (Å²) in [6.07, 6.45) is 14.6. The molecule has 0 saturated heterocycles. The Labute approximate surface area is 188 Å². The first-order chi connectivity index (χ1) is 15.3. The third-order valence-electron chi connectivity index (χ3n) is 7.19. The van der Waals surface area contributed by atoms with Crippen molar-refractivity contribution >= 4 is 11.1 Å². The summed E-state index contributed by atoms with van der Waals surface area (Å²) in [6, 6.07) is 16.3. The molecule has 0 aliphatic heterocycles. The average molecular weight is 420 g/mol. The van der Waals surface area contributed by atoms with Gasteiger partial charge in [-0.2, -0.15) is 0 Å². The number of benzene rings is 2. The summed E-state index contributed by atoms with van der Waals surface area (Å²) in [5.74, 6) is 0.490. The van der Waals surface area contributed by atoms with E-state index in [4.69, 9.17) is 0 Å². The molecular formula is C29H38FN. The van der Waals surface area contributed by atoms with Gasteiger partial charge in [-0.1, -0.05) is 94.7 Å². The van der Waals surface area contributed by atoms with Gasteiger partial charge in [-0.3, -0.25) is 0 Å². The van der Waals surface area contributed by atoms with Gasteiger partial charge in [0.2, 0.25) is 0 Å². The molecule has 31 heavy (non-hydrogen) atoms. The lowest BCUT2D eigenvalue weighted by molar-refractivity contribution is 0.401. The van der Waals surface area contributed by atoms with Gasteiger partial charge in [-0.25, -0.2) is 4.39 Å². The molecule has 2 aliphatic carbocycles. The second-order valence-corrected chi connectivity index (χ2v) is 9.41. The molecule has 0 spiro atoms. The van der Waals surface area contributed by atoms with E-state index >= 15 is 0 Å². The lowest BCUT2D eigenvalue weighted by Gasteiger charge is -2.29. The zero-order valence-electron chi connectivity index (χ0n) is 19.1. The van der Waals surface area contributed by atoms with E-state index in [2.05, 4.69) is 36.5 Å². The van der Waals surface area contributed by atoms with Crippen molar-refractivity contribution in [2.45, 2.75) is 83.6 Å². The first-order valence-corrected chi connectivity index (χ1v) is 12.6. The number of allylic oxidation sites excluding steroid dienone is 1. The van der Waals surface area contributed by atoms with E-state index in [-0.39, 0.29) is 11.9 Å². The molecular weight excluding hydrogens is 381 g/mol. The van der Waals surface area contributed by atoms with Crippen molar-refractivity contribution in [1.82, 2.24) is 5.32 Å². The van der Waals surface area contributed by atoms with Crippen LogP contribution < -0.4 is 5.32 Å². The number of fused-ring (bicyclic) bond motifs is 1. The van der Waals surface area contributed by atoms with E-state index < -0.39 is 0 Å². The fourth-order valence-corrected chi connectivity index (χ4v) is 5.26. The Morgan fingerprint density at radius 3 is 2.16 bits per heavy atom. The molecule has 0 heterocycles. The fraction of sp³-hybridized carbons (Fsp3) is 0.517. The Hall–Kier alpha value is -1.93. The molecule has 0 unspecified atom stereocenters. The largest absolute Gasteiger partial charge is 0.306 e. The first-order valence-electron chi connectivity index (χ1n) is 12.6. The summed E-state index contributed by atoms with van der Waals surface area (Å²) < 4.78 is 13.7. The Balaban J connectivity index is 1.46. The van der Waals surface area contributed by atoms with Crippen molar-refractivity contribution in [3.05, 3.63) is 71.0 Å². The van der Waals surface area contributed by atoms with Gasteiger partial charge in [-0.15, -0.1) is 0 Å². The highest BCUT2D eigenvalue weighted by atomic mass is 19.1. The van der Waals surface area contributed by atoms with Crippen LogP contribution in [0.25, 0.3) is 11.1 Å². The Kier molecular flexibility index (Phi) is 7.97. The van der Waals surface area contributed by atoms with Gasteiger partial charge in [0.1, 0.15) is 5.82 Å². The van der Waals surface area contributed by atoms with Gasteiger partial charge in [0.15, 0.2) is 0 Å². The molecule has 2 heteroatoms. The zero-order valence-corrected chi connectivity index (χ0v) is 19.1. The molecule has 1 atom stereocenters. The molecule has 1 saturated carbocycles. The van der Waals surface area contributed by atoms with Gasteiger partial charge in [0, 0.05) is 0 Å². The minimum absolute atomic E-state index is 0.159. The monoisotopic (exact) mass is 419 g/mol. The third-order valence-corrected chi connectivity index (χ3v) is 7.19. The van der Waals surface area contributed by atoms with Crippen LogP contribution in [0.2, 0.25) is 0 Å². The average Bonchev–Trinajstić information content (AvgIpc) is 3.06. The van der Waals surface area contributed by atoms with Crippen molar-refractivity contribution in [2.75, 3.05) is 6.54 Å². The molecule has 0 radical (unpaired) electrons. The van der Waals surface area contributed by atoms with Gasteiger partial charge in [0.25, 0.3) is 0 Å². The van der Waals surface area contributed by atoms with Crippen molar-refractivity contribution in [1.29, 1.82) is 0 Å². The maximum Gasteiger partial charge on any atom is 0.123 e. The number of halogens is 1. The molecule has 0 amide bonds. The predicted octanol–water partition coefficient (Wildman–Crippen LogP) is 8.32. The standard InChI is InChI=1S/C29H38FN/c1-2-3-4-5-6-7-8-11-21-31-29-26-16-10-9-15-25(26)27(22-13-12-14-22)28(29)23-17-19-24(30)20-18-23/h9-10,15-20,22,29,31H,2-8,11-14,21H2,1H3/t29-/m0/s1. The van der Waals surface area contributed by atoms with Gasteiger partial charge in [0.05, 0.1) is 6.04 Å². The Morgan fingerprint density at radius 2 is 1.48 bits per heavy atom. The first kappa shape index (κ1) is 22.3. The van der Waals surface area contributed by atoms with E-state index in [1.807, 2.05) is 12.1 Å². The van der Waals surface area contributed by atoms with Crippen LogP contribution in [0.5, 0.6) is 0 Å². The molecule has 2 aromatic carbocycles. The van der Waals surface area contributed by atoms with E-state index in [9.17, 15) is 4.39 Å². The van der Waals surface area contributed by atoms with Crippen molar-refractivity contribution in [2.24, 2.45) is 5.92 Å². The fourth-order valence-electron chi connectivity index (χ4n) is 5.26. The normalized spacial score (nSPS) is 18.3. The van der Waals surface area contributed by atoms with E-state index in [0.29, 0.717) is 5.92 Å². The summed E-state index contributed by atoms with van der Waals surface area (Å²) in [5.41, 5.74) is 6.91. The van der Waals surface area contributed by atoms with Crippen LogP contribution >= 0.6 is 0 Å². The molecule has 1 fully saturated rings. The minimum Gasteiger partial charge on any atom is -0.306 e. The summed E-state index contributed by atoms with van der Waals surface area (Å²) in [6.45, 7) is 3.31. The smallest absolute Gasteiger partial charge is 0.123 e. The summed E-state index contributed by atoms with van der Waals surface area (Å²) in [7, 11) is 0. The van der Waals surface area contributed by atoms with E-state index in [1.54, 1.807) is 12.1 Å². The lowest BCUT2D eigenvalue weighted by Crippen LogP contribution is -2.22. The highest BCUT2D eigenvalue weighted by Gasteiger charge is 2.36. The van der Waals surface area contributed by atoms with Crippen LogP contribution in [0.1, 0.15) is 100 Å². The second-order valence-electron chi connectivity index (χ2n) is 9.41. The van der Waals surface area contributed by atoms with E-state index in [1.165, 1.54) is 98.5 Å². The van der Waals surface area contributed by atoms with Crippen LogP contribution in [0.3, 0.4) is 0 Å². The predicted molar refractivity (Wildman–Crippen MR) is 130 cm³/mol. The topological polar surface area (TPSA) is 12.0 Å². The Bertz CT molecular complexity index is 863. The summed E-state index contributed by atoms with van der Waals surface area (Å²) in [5, 5.41) is 3.89. The Morgan fingerprint density at radius 1 is 0.806 bits per heavy atom. The summed E-state index contributed by atoms with van der Waals surface area (Å²) in [4.78, 5) is 0. The molecule has 0 aromatic heterocycles.